The summed E-state index contributed by atoms with van der Waals surface area (Å²) >= 11 is 0. The molecule has 0 aromatic carbocycles. The van der Waals surface area contributed by atoms with Gasteiger partial charge >= 0.3 is 0 Å². The van der Waals surface area contributed by atoms with Gasteiger partial charge in [-0.05, 0) is 43.4 Å². The van der Waals surface area contributed by atoms with Crippen molar-refractivity contribution >= 4 is 5.91 Å². The summed E-state index contributed by atoms with van der Waals surface area (Å²) in [4.78, 5) is 14.2. The molecular weight excluding hydrogens is 224 g/mol. The van der Waals surface area contributed by atoms with Gasteiger partial charge in [0.15, 0.2) is 0 Å². The van der Waals surface area contributed by atoms with Crippen LogP contribution in [-0.2, 0) is 4.79 Å². The highest BCUT2D eigenvalue weighted by Crippen LogP contribution is 2.46. The van der Waals surface area contributed by atoms with Crippen molar-refractivity contribution in [2.45, 2.75) is 64.8 Å². The zero-order valence-corrected chi connectivity index (χ0v) is 12.0. The van der Waals surface area contributed by atoms with Gasteiger partial charge in [0.2, 0.25) is 5.91 Å². The van der Waals surface area contributed by atoms with E-state index >= 15 is 0 Å². The van der Waals surface area contributed by atoms with Gasteiger partial charge in [-0.2, -0.15) is 0 Å². The van der Waals surface area contributed by atoms with E-state index in [4.69, 9.17) is 5.73 Å². The molecule has 1 spiro atoms. The van der Waals surface area contributed by atoms with Gasteiger partial charge in [-0.25, -0.2) is 0 Å². The van der Waals surface area contributed by atoms with Gasteiger partial charge in [0.25, 0.3) is 0 Å². The fraction of sp³-hybridized carbons (Fsp3) is 0.933. The molecule has 3 heteroatoms. The first kappa shape index (κ1) is 13.9. The van der Waals surface area contributed by atoms with E-state index in [1.165, 1.54) is 38.5 Å². The second kappa shape index (κ2) is 5.60. The number of rotatable bonds is 3. The molecule has 1 saturated carbocycles. The Balaban J connectivity index is 1.83. The largest absolute Gasteiger partial charge is 0.341 e. The molecule has 0 bridgehead atoms. The van der Waals surface area contributed by atoms with Crippen molar-refractivity contribution in [1.82, 2.24) is 4.90 Å². The van der Waals surface area contributed by atoms with Crippen molar-refractivity contribution in [2.24, 2.45) is 17.1 Å². The molecule has 0 aromatic heterocycles. The molecule has 2 fully saturated rings. The summed E-state index contributed by atoms with van der Waals surface area (Å²) in [5.74, 6) is 0.673. The predicted octanol–water partition coefficient (Wildman–Crippen LogP) is 2.54. The number of nitrogens with zero attached hydrogens (tertiary/aromatic N) is 1. The van der Waals surface area contributed by atoms with E-state index in [1.807, 2.05) is 4.90 Å². The van der Waals surface area contributed by atoms with Crippen LogP contribution in [-0.4, -0.2) is 29.9 Å². The molecule has 1 unspecified atom stereocenters. The molecule has 0 aromatic rings. The molecule has 2 rings (SSSR count). The zero-order chi connectivity index (χ0) is 13.2. The Kier molecular flexibility index (Phi) is 4.31. The standard InChI is InChI=1S/C15H28N2O/c1-12(2)11-13(16)14(18)17-9-7-15(8-10-17)5-3-4-6-15/h12-13H,3-11,16H2,1-2H3. The average molecular weight is 252 g/mol. The first-order valence-corrected chi connectivity index (χ1v) is 7.57. The number of carbonyl (C=O) groups excluding carboxylic acids is 1. The summed E-state index contributed by atoms with van der Waals surface area (Å²) in [5, 5.41) is 0. The summed E-state index contributed by atoms with van der Waals surface area (Å²) in [6.45, 7) is 6.11. The second-order valence-corrected chi connectivity index (χ2v) is 6.77. The van der Waals surface area contributed by atoms with Crippen LogP contribution in [0.3, 0.4) is 0 Å². The van der Waals surface area contributed by atoms with Gasteiger partial charge in [0, 0.05) is 13.1 Å². The van der Waals surface area contributed by atoms with Gasteiger partial charge in [0.1, 0.15) is 0 Å². The molecule has 1 atom stereocenters. The molecule has 0 radical (unpaired) electrons. The quantitative estimate of drug-likeness (QED) is 0.839. The van der Waals surface area contributed by atoms with Crippen molar-refractivity contribution in [3.8, 4) is 0 Å². The van der Waals surface area contributed by atoms with Crippen LogP contribution in [0.2, 0.25) is 0 Å². The Labute approximate surface area is 111 Å². The number of nitrogens with two attached hydrogens (primary N) is 1. The van der Waals surface area contributed by atoms with Crippen molar-refractivity contribution in [1.29, 1.82) is 0 Å². The molecule has 1 saturated heterocycles. The molecule has 1 heterocycles. The van der Waals surface area contributed by atoms with E-state index in [-0.39, 0.29) is 11.9 Å². The Morgan fingerprint density at radius 3 is 2.22 bits per heavy atom. The highest BCUT2D eigenvalue weighted by molar-refractivity contribution is 5.81. The zero-order valence-electron chi connectivity index (χ0n) is 12.0. The third kappa shape index (κ3) is 3.05. The van der Waals surface area contributed by atoms with Gasteiger partial charge in [-0.1, -0.05) is 26.7 Å². The molecule has 1 amide bonds. The Morgan fingerprint density at radius 2 is 1.72 bits per heavy atom. The third-order valence-electron chi connectivity index (χ3n) is 4.84. The minimum Gasteiger partial charge on any atom is -0.341 e. The van der Waals surface area contributed by atoms with Crippen LogP contribution in [0.1, 0.15) is 58.8 Å². The lowest BCUT2D eigenvalue weighted by Crippen LogP contribution is -2.49. The maximum absolute atomic E-state index is 12.2. The van der Waals surface area contributed by atoms with Crippen LogP contribution in [0.15, 0.2) is 0 Å². The summed E-state index contributed by atoms with van der Waals surface area (Å²) in [7, 11) is 0. The number of hydrogen-bond acceptors (Lipinski definition) is 2. The topological polar surface area (TPSA) is 46.3 Å². The maximum atomic E-state index is 12.2. The minimum atomic E-state index is -0.289. The van der Waals surface area contributed by atoms with Crippen LogP contribution < -0.4 is 5.73 Å². The Morgan fingerprint density at radius 1 is 1.17 bits per heavy atom. The summed E-state index contributed by atoms with van der Waals surface area (Å²) in [6, 6.07) is -0.289. The smallest absolute Gasteiger partial charge is 0.239 e. The van der Waals surface area contributed by atoms with Gasteiger partial charge in [-0.15, -0.1) is 0 Å². The number of amides is 1. The van der Waals surface area contributed by atoms with Crippen LogP contribution >= 0.6 is 0 Å². The maximum Gasteiger partial charge on any atom is 0.239 e. The lowest BCUT2D eigenvalue weighted by atomic mass is 9.77. The Hall–Kier alpha value is -0.570. The van der Waals surface area contributed by atoms with Gasteiger partial charge in [0.05, 0.1) is 6.04 Å². The van der Waals surface area contributed by atoms with Crippen LogP contribution in [0.4, 0.5) is 0 Å². The monoisotopic (exact) mass is 252 g/mol. The molecular formula is C15H28N2O. The molecule has 1 aliphatic heterocycles. The van der Waals surface area contributed by atoms with E-state index in [2.05, 4.69) is 13.8 Å². The minimum absolute atomic E-state index is 0.177. The Bertz CT molecular complexity index is 285. The number of carbonyl (C=O) groups is 1. The third-order valence-corrected chi connectivity index (χ3v) is 4.84. The number of piperidine rings is 1. The van der Waals surface area contributed by atoms with Crippen molar-refractivity contribution < 1.29 is 4.79 Å². The number of likely N-dealkylation sites (tertiary alicyclic amines) is 1. The molecule has 3 nitrogen and oxygen atoms in total. The van der Waals surface area contributed by atoms with E-state index in [1.54, 1.807) is 0 Å². The summed E-state index contributed by atoms with van der Waals surface area (Å²) < 4.78 is 0. The van der Waals surface area contributed by atoms with Gasteiger partial charge < -0.3 is 10.6 Å². The first-order valence-electron chi connectivity index (χ1n) is 7.57. The first-order chi connectivity index (χ1) is 8.52. The fourth-order valence-corrected chi connectivity index (χ4v) is 3.67. The van der Waals surface area contributed by atoms with E-state index in [0.29, 0.717) is 11.3 Å². The SMILES string of the molecule is CC(C)CC(N)C(=O)N1CCC2(CCCC2)CC1. The molecule has 1 aliphatic carbocycles. The lowest BCUT2D eigenvalue weighted by molar-refractivity contribution is -0.135. The normalized spacial score (nSPS) is 24.8. The van der Waals surface area contributed by atoms with Crippen LogP contribution in [0, 0.1) is 11.3 Å². The summed E-state index contributed by atoms with van der Waals surface area (Å²) in [6.07, 6.45) is 8.75. The molecule has 2 N–H and O–H groups in total. The highest BCUT2D eigenvalue weighted by atomic mass is 16.2. The summed E-state index contributed by atoms with van der Waals surface area (Å²) in [5.41, 5.74) is 6.59. The van der Waals surface area contributed by atoms with E-state index in [0.717, 1.165) is 19.5 Å². The van der Waals surface area contributed by atoms with E-state index < -0.39 is 0 Å². The number of hydrogen-bond donors (Lipinski definition) is 1. The average Bonchev–Trinajstić information content (AvgIpc) is 2.77. The molecule has 18 heavy (non-hydrogen) atoms. The molecule has 104 valence electrons. The van der Waals surface area contributed by atoms with Crippen LogP contribution in [0.25, 0.3) is 0 Å². The van der Waals surface area contributed by atoms with Crippen LogP contribution in [0.5, 0.6) is 0 Å². The predicted molar refractivity (Wildman–Crippen MR) is 74.1 cm³/mol. The fourth-order valence-electron chi connectivity index (χ4n) is 3.67. The van der Waals surface area contributed by atoms with Crippen molar-refractivity contribution in [2.75, 3.05) is 13.1 Å². The van der Waals surface area contributed by atoms with E-state index in [9.17, 15) is 4.79 Å². The van der Waals surface area contributed by atoms with Crippen molar-refractivity contribution in [3.05, 3.63) is 0 Å². The van der Waals surface area contributed by atoms with Crippen molar-refractivity contribution in [3.63, 3.8) is 0 Å². The van der Waals surface area contributed by atoms with Gasteiger partial charge in [-0.3, -0.25) is 4.79 Å². The molecule has 2 aliphatic rings. The highest BCUT2D eigenvalue weighted by Gasteiger charge is 2.38. The second-order valence-electron chi connectivity index (χ2n) is 6.77. The lowest BCUT2D eigenvalue weighted by Gasteiger charge is -2.40.